The van der Waals surface area contributed by atoms with Crippen LogP contribution >= 0.6 is 11.3 Å². The lowest BCUT2D eigenvalue weighted by Gasteiger charge is -2.22. The Labute approximate surface area is 227 Å². The molecule has 0 saturated heterocycles. The maximum absolute atomic E-state index is 15.1. The quantitative estimate of drug-likeness (QED) is 0.248. The number of aromatic nitrogens is 3. The van der Waals surface area contributed by atoms with Crippen LogP contribution in [0.25, 0.3) is 31.8 Å². The number of fused-ring (bicyclic) bond motifs is 2. The molecule has 10 heteroatoms. The molecule has 5 aromatic rings. The normalized spacial score (nSPS) is 16.9. The summed E-state index contributed by atoms with van der Waals surface area (Å²) in [6.45, 7) is 1.98. The highest BCUT2D eigenvalue weighted by Crippen LogP contribution is 2.38. The zero-order valence-electron chi connectivity index (χ0n) is 21.3. The van der Waals surface area contributed by atoms with Crippen molar-refractivity contribution in [3.8, 4) is 22.2 Å². The van der Waals surface area contributed by atoms with Gasteiger partial charge >= 0.3 is 6.09 Å². The largest absolute Gasteiger partial charge is 0.483 e. The molecule has 198 valence electrons. The SMILES string of the molecule is COc1cnc2c(-c3nc4cc(F)c(O[C@H]5CCC[C@H]5OC(=O)Nc5ccccc5)cc4s3)cc(C)cc2n1. The predicted molar refractivity (Wildman–Crippen MR) is 148 cm³/mol. The standard InChI is InChI=1S/C29H25FN4O4S/c1-16-11-18(27-21(12-16)33-26(36-2)15-31-27)28-34-20-13-19(30)24(14-25(20)39-28)37-22-9-6-10-23(22)38-29(35)32-17-7-4-3-5-8-17/h3-5,7-8,11-15,22-23H,6,9-10H2,1-2H3,(H,32,35)/t22-,23+/m0/s1. The Morgan fingerprint density at radius 3 is 2.69 bits per heavy atom. The number of rotatable bonds is 6. The van der Waals surface area contributed by atoms with E-state index in [4.69, 9.17) is 19.2 Å². The molecule has 39 heavy (non-hydrogen) atoms. The van der Waals surface area contributed by atoms with Crippen LogP contribution in [0.1, 0.15) is 24.8 Å². The van der Waals surface area contributed by atoms with Gasteiger partial charge in [-0.1, -0.05) is 18.2 Å². The van der Waals surface area contributed by atoms with Crippen LogP contribution in [0.3, 0.4) is 0 Å². The van der Waals surface area contributed by atoms with Crippen LogP contribution in [0, 0.1) is 12.7 Å². The number of benzene rings is 3. The Kier molecular flexibility index (Phi) is 6.70. The van der Waals surface area contributed by atoms with Gasteiger partial charge in [0.05, 0.1) is 34.6 Å². The van der Waals surface area contributed by atoms with Gasteiger partial charge in [0, 0.05) is 23.4 Å². The summed E-state index contributed by atoms with van der Waals surface area (Å²) in [5.41, 5.74) is 4.37. The highest BCUT2D eigenvalue weighted by atomic mass is 32.1. The molecule has 1 amide bonds. The minimum atomic E-state index is -0.559. The second kappa shape index (κ2) is 10.5. The molecule has 2 atom stereocenters. The summed E-state index contributed by atoms with van der Waals surface area (Å²) >= 11 is 1.43. The average Bonchev–Trinajstić information content (AvgIpc) is 3.54. The summed E-state index contributed by atoms with van der Waals surface area (Å²) < 4.78 is 32.8. The van der Waals surface area contributed by atoms with Crippen molar-refractivity contribution < 1.29 is 23.4 Å². The first kappa shape index (κ1) is 25.0. The van der Waals surface area contributed by atoms with E-state index < -0.39 is 24.1 Å². The Balaban J connectivity index is 1.24. The number of thiazole rings is 1. The summed E-state index contributed by atoms with van der Waals surface area (Å²) in [6.07, 6.45) is 2.21. The third-order valence-corrected chi connectivity index (χ3v) is 7.65. The molecule has 0 radical (unpaired) electrons. The zero-order valence-corrected chi connectivity index (χ0v) is 22.1. The third kappa shape index (κ3) is 5.20. The maximum atomic E-state index is 15.1. The lowest BCUT2D eigenvalue weighted by Crippen LogP contribution is -2.32. The van der Waals surface area contributed by atoms with Crippen LogP contribution in [0.15, 0.2) is 60.8 Å². The summed E-state index contributed by atoms with van der Waals surface area (Å²) in [7, 11) is 1.55. The third-order valence-electron chi connectivity index (χ3n) is 6.60. The fourth-order valence-electron chi connectivity index (χ4n) is 4.78. The highest BCUT2D eigenvalue weighted by molar-refractivity contribution is 7.21. The molecule has 2 heterocycles. The van der Waals surface area contributed by atoms with Gasteiger partial charge in [-0.15, -0.1) is 11.3 Å². The Morgan fingerprint density at radius 2 is 1.87 bits per heavy atom. The fraction of sp³-hybridized carbons (Fsp3) is 0.241. The van der Waals surface area contributed by atoms with Crippen LogP contribution < -0.4 is 14.8 Å². The van der Waals surface area contributed by atoms with Gasteiger partial charge in [-0.2, -0.15) is 0 Å². The molecule has 1 aliphatic carbocycles. The number of hydrogen-bond acceptors (Lipinski definition) is 8. The average molecular weight is 545 g/mol. The van der Waals surface area contributed by atoms with Gasteiger partial charge in [-0.05, 0) is 56.0 Å². The molecule has 3 aromatic carbocycles. The Morgan fingerprint density at radius 1 is 1.05 bits per heavy atom. The number of aryl methyl sites for hydroxylation is 1. The Hall–Kier alpha value is -4.31. The summed E-state index contributed by atoms with van der Waals surface area (Å²) in [4.78, 5) is 26.1. The van der Waals surface area contributed by atoms with E-state index >= 15 is 4.39 Å². The Bertz CT molecular complexity index is 1680. The van der Waals surface area contributed by atoms with E-state index in [1.54, 1.807) is 31.5 Å². The number of carbonyl (C=O) groups is 1. The van der Waals surface area contributed by atoms with E-state index in [-0.39, 0.29) is 5.75 Å². The van der Waals surface area contributed by atoms with Gasteiger partial charge in [-0.25, -0.2) is 24.1 Å². The van der Waals surface area contributed by atoms with Crippen molar-refractivity contribution in [3.05, 3.63) is 72.2 Å². The smallest absolute Gasteiger partial charge is 0.412 e. The number of nitrogens with zero attached hydrogens (tertiary/aromatic N) is 3. The van der Waals surface area contributed by atoms with Crippen molar-refractivity contribution >= 4 is 44.4 Å². The molecular weight excluding hydrogens is 519 g/mol. The lowest BCUT2D eigenvalue weighted by molar-refractivity contribution is 0.0401. The molecule has 0 unspecified atom stereocenters. The first-order valence-corrected chi connectivity index (χ1v) is 13.4. The van der Waals surface area contributed by atoms with E-state index in [0.29, 0.717) is 46.0 Å². The van der Waals surface area contributed by atoms with E-state index in [1.165, 1.54) is 17.4 Å². The van der Waals surface area contributed by atoms with Crippen molar-refractivity contribution in [3.63, 3.8) is 0 Å². The van der Waals surface area contributed by atoms with E-state index in [1.807, 2.05) is 37.3 Å². The first-order valence-electron chi connectivity index (χ1n) is 12.6. The van der Waals surface area contributed by atoms with Crippen LogP contribution in [0.5, 0.6) is 11.6 Å². The molecule has 1 N–H and O–H groups in total. The van der Waals surface area contributed by atoms with Crippen molar-refractivity contribution in [2.24, 2.45) is 0 Å². The highest BCUT2D eigenvalue weighted by Gasteiger charge is 2.33. The summed E-state index contributed by atoms with van der Waals surface area (Å²) in [5, 5.41) is 3.42. The van der Waals surface area contributed by atoms with Gasteiger partial charge in [0.15, 0.2) is 11.6 Å². The summed E-state index contributed by atoms with van der Waals surface area (Å²) in [5.74, 6) is 0.0246. The number of para-hydroxylation sites is 1. The van der Waals surface area contributed by atoms with Crippen molar-refractivity contribution in [1.82, 2.24) is 15.0 Å². The van der Waals surface area contributed by atoms with Gasteiger partial charge in [0.25, 0.3) is 0 Å². The van der Waals surface area contributed by atoms with Crippen LogP contribution in [0.4, 0.5) is 14.9 Å². The maximum Gasteiger partial charge on any atom is 0.412 e. The van der Waals surface area contributed by atoms with Crippen molar-refractivity contribution in [2.45, 2.75) is 38.4 Å². The van der Waals surface area contributed by atoms with Crippen molar-refractivity contribution in [2.75, 3.05) is 12.4 Å². The van der Waals surface area contributed by atoms with Gasteiger partial charge in [0.2, 0.25) is 5.88 Å². The second-order valence-corrected chi connectivity index (χ2v) is 10.4. The zero-order chi connectivity index (χ0) is 26.9. The van der Waals surface area contributed by atoms with Crippen LogP contribution in [0.2, 0.25) is 0 Å². The molecule has 8 nitrogen and oxygen atoms in total. The van der Waals surface area contributed by atoms with E-state index in [9.17, 15) is 4.79 Å². The molecular formula is C29H25FN4O4S. The molecule has 0 bridgehead atoms. The number of methoxy groups -OCH3 is 1. The fourth-order valence-corrected chi connectivity index (χ4v) is 5.77. The first-order chi connectivity index (χ1) is 19.0. The second-order valence-electron chi connectivity index (χ2n) is 9.38. The molecule has 1 fully saturated rings. The number of hydrogen-bond donors (Lipinski definition) is 1. The molecule has 1 aliphatic rings. The van der Waals surface area contributed by atoms with Crippen LogP contribution in [-0.4, -0.2) is 40.4 Å². The monoisotopic (exact) mass is 544 g/mol. The van der Waals surface area contributed by atoms with Gasteiger partial charge in [-0.3, -0.25) is 5.32 Å². The lowest BCUT2D eigenvalue weighted by atomic mass is 10.1. The van der Waals surface area contributed by atoms with E-state index in [0.717, 1.165) is 22.2 Å². The number of ether oxygens (including phenoxy) is 3. The number of nitrogens with one attached hydrogen (secondary N) is 1. The number of anilines is 1. The number of halogens is 1. The van der Waals surface area contributed by atoms with Gasteiger partial charge in [0.1, 0.15) is 17.2 Å². The minimum Gasteiger partial charge on any atom is -0.483 e. The molecule has 6 rings (SSSR count). The topological polar surface area (TPSA) is 95.5 Å². The predicted octanol–water partition coefficient (Wildman–Crippen LogP) is 6.91. The molecule has 0 spiro atoms. The minimum absolute atomic E-state index is 0.111. The number of amides is 1. The molecule has 1 saturated carbocycles. The van der Waals surface area contributed by atoms with Gasteiger partial charge < -0.3 is 14.2 Å². The summed E-state index contributed by atoms with van der Waals surface area (Å²) in [6, 6.07) is 16.1. The van der Waals surface area contributed by atoms with E-state index in [2.05, 4.69) is 15.3 Å². The molecule has 0 aliphatic heterocycles. The van der Waals surface area contributed by atoms with Crippen LogP contribution in [-0.2, 0) is 4.74 Å². The molecule has 2 aromatic heterocycles. The van der Waals surface area contributed by atoms with Crippen molar-refractivity contribution in [1.29, 1.82) is 0 Å². The number of carbonyl (C=O) groups excluding carboxylic acids is 1.